The van der Waals surface area contributed by atoms with Gasteiger partial charge in [0.05, 0.1) is 0 Å². The summed E-state index contributed by atoms with van der Waals surface area (Å²) in [7, 11) is 0. The minimum absolute atomic E-state index is 0.0396. The molecule has 0 saturated heterocycles. The third-order valence-electron chi connectivity index (χ3n) is 3.77. The Kier molecular flexibility index (Phi) is 5.18. The van der Waals surface area contributed by atoms with Crippen LogP contribution in [0.3, 0.4) is 0 Å². The highest BCUT2D eigenvalue weighted by Gasteiger charge is 2.31. The maximum Gasteiger partial charge on any atom is 0.227 e. The molecule has 2 rings (SSSR count). The Morgan fingerprint density at radius 1 is 1.50 bits per heavy atom. The van der Waals surface area contributed by atoms with Gasteiger partial charge in [0.15, 0.2) is 0 Å². The highest BCUT2D eigenvalue weighted by atomic mass is 16.5. The number of carbonyl (C=O) groups excluding carboxylic acids is 1. The summed E-state index contributed by atoms with van der Waals surface area (Å²) >= 11 is 0. The molecule has 4 nitrogen and oxygen atoms in total. The quantitative estimate of drug-likeness (QED) is 0.784. The van der Waals surface area contributed by atoms with Gasteiger partial charge in [-0.1, -0.05) is 25.1 Å². The van der Waals surface area contributed by atoms with Crippen LogP contribution in [0.15, 0.2) is 36.9 Å². The van der Waals surface area contributed by atoms with Crippen molar-refractivity contribution in [3.05, 3.63) is 36.9 Å². The van der Waals surface area contributed by atoms with E-state index in [-0.39, 0.29) is 11.8 Å². The van der Waals surface area contributed by atoms with E-state index in [4.69, 9.17) is 10.5 Å². The number of nitrogens with two attached hydrogens (primary N) is 1. The van der Waals surface area contributed by atoms with Crippen molar-refractivity contribution < 1.29 is 9.53 Å². The lowest BCUT2D eigenvalue weighted by Crippen LogP contribution is -2.29. The summed E-state index contributed by atoms with van der Waals surface area (Å²) in [5.74, 6) is 1.15. The summed E-state index contributed by atoms with van der Waals surface area (Å²) in [6.07, 6.45) is 4.76. The monoisotopic (exact) mass is 274 g/mol. The normalized spacial score (nSPS) is 21.4. The van der Waals surface area contributed by atoms with Crippen LogP contribution < -0.4 is 15.8 Å². The summed E-state index contributed by atoms with van der Waals surface area (Å²) in [5.41, 5.74) is 6.49. The molecule has 4 heteroatoms. The van der Waals surface area contributed by atoms with Gasteiger partial charge in [-0.2, -0.15) is 0 Å². The first-order valence-electron chi connectivity index (χ1n) is 7.09. The fourth-order valence-electron chi connectivity index (χ4n) is 2.72. The Hall–Kier alpha value is -1.81. The maximum atomic E-state index is 12.3. The van der Waals surface area contributed by atoms with Crippen molar-refractivity contribution >= 4 is 11.6 Å². The third kappa shape index (κ3) is 3.61. The van der Waals surface area contributed by atoms with Crippen LogP contribution >= 0.6 is 0 Å². The second kappa shape index (κ2) is 7.10. The lowest BCUT2D eigenvalue weighted by Gasteiger charge is -2.17. The Morgan fingerprint density at radius 2 is 2.35 bits per heavy atom. The van der Waals surface area contributed by atoms with Crippen molar-refractivity contribution in [3.8, 4) is 5.75 Å². The van der Waals surface area contributed by atoms with E-state index < -0.39 is 0 Å². The van der Waals surface area contributed by atoms with Crippen LogP contribution in [0.2, 0.25) is 0 Å². The Balaban J connectivity index is 1.98. The zero-order valence-electron chi connectivity index (χ0n) is 11.7. The lowest BCUT2D eigenvalue weighted by atomic mass is 9.95. The molecule has 20 heavy (non-hydrogen) atoms. The van der Waals surface area contributed by atoms with E-state index in [1.807, 2.05) is 24.3 Å². The van der Waals surface area contributed by atoms with Gasteiger partial charge in [0.25, 0.3) is 0 Å². The summed E-state index contributed by atoms with van der Waals surface area (Å²) in [6, 6.07) is 7.42. The first kappa shape index (κ1) is 14.6. The smallest absolute Gasteiger partial charge is 0.227 e. The number of anilines is 1. The summed E-state index contributed by atoms with van der Waals surface area (Å²) < 4.78 is 5.46. The number of hydrogen-bond acceptors (Lipinski definition) is 3. The Bertz CT molecular complexity index is 473. The van der Waals surface area contributed by atoms with E-state index >= 15 is 0 Å². The fourth-order valence-corrected chi connectivity index (χ4v) is 2.72. The van der Waals surface area contributed by atoms with E-state index in [0.717, 1.165) is 30.7 Å². The molecule has 1 fully saturated rings. The third-order valence-corrected chi connectivity index (χ3v) is 3.77. The lowest BCUT2D eigenvalue weighted by molar-refractivity contribution is -0.120. The zero-order chi connectivity index (χ0) is 14.4. The summed E-state index contributed by atoms with van der Waals surface area (Å²) in [6.45, 7) is 4.65. The number of amides is 1. The van der Waals surface area contributed by atoms with E-state index in [1.165, 1.54) is 0 Å². The Labute approximate surface area is 120 Å². The fraction of sp³-hybridized carbons (Fsp3) is 0.438. The summed E-state index contributed by atoms with van der Waals surface area (Å²) in [4.78, 5) is 12.3. The summed E-state index contributed by atoms with van der Waals surface area (Å²) in [5, 5.41) is 2.96. The van der Waals surface area contributed by atoms with Crippen molar-refractivity contribution in [1.29, 1.82) is 0 Å². The van der Waals surface area contributed by atoms with Crippen molar-refractivity contribution in [3.63, 3.8) is 0 Å². The molecule has 0 unspecified atom stereocenters. The molecule has 0 heterocycles. The van der Waals surface area contributed by atoms with Crippen LogP contribution in [0.4, 0.5) is 5.69 Å². The molecule has 0 aliphatic heterocycles. The van der Waals surface area contributed by atoms with Crippen LogP contribution in [0.5, 0.6) is 5.75 Å². The molecule has 0 radical (unpaired) electrons. The van der Waals surface area contributed by atoms with Gasteiger partial charge < -0.3 is 15.8 Å². The van der Waals surface area contributed by atoms with Gasteiger partial charge in [0.2, 0.25) is 5.91 Å². The molecule has 1 amide bonds. The number of benzene rings is 1. The average molecular weight is 274 g/mol. The van der Waals surface area contributed by atoms with Crippen molar-refractivity contribution in [2.24, 2.45) is 17.6 Å². The Morgan fingerprint density at radius 3 is 3.10 bits per heavy atom. The second-order valence-corrected chi connectivity index (χ2v) is 5.15. The van der Waals surface area contributed by atoms with Crippen LogP contribution in [0.25, 0.3) is 0 Å². The first-order chi connectivity index (χ1) is 9.74. The van der Waals surface area contributed by atoms with Crippen LogP contribution in [-0.2, 0) is 4.79 Å². The molecule has 0 bridgehead atoms. The molecule has 1 saturated carbocycles. The molecule has 1 aromatic carbocycles. The molecular weight excluding hydrogens is 252 g/mol. The molecule has 2 atom stereocenters. The minimum atomic E-state index is 0.0396. The standard InChI is InChI=1S/C16H22N2O2/c1-2-9-20-14-7-4-6-13(10-14)18-16(19)15-8-3-5-12(15)11-17/h2,4,6-7,10,12,15H,1,3,5,8-9,11,17H2,(H,18,19)/t12-,15-/m1/s1. The average Bonchev–Trinajstić information content (AvgIpc) is 2.94. The van der Waals surface area contributed by atoms with Crippen LogP contribution in [-0.4, -0.2) is 19.1 Å². The highest BCUT2D eigenvalue weighted by molar-refractivity contribution is 5.93. The maximum absolute atomic E-state index is 12.3. The van der Waals surface area contributed by atoms with E-state index in [9.17, 15) is 4.79 Å². The molecule has 1 aliphatic carbocycles. The van der Waals surface area contributed by atoms with Gasteiger partial charge in [-0.3, -0.25) is 4.79 Å². The van der Waals surface area contributed by atoms with Gasteiger partial charge in [0.1, 0.15) is 12.4 Å². The molecule has 1 aliphatic rings. The van der Waals surface area contributed by atoms with Crippen LogP contribution in [0.1, 0.15) is 19.3 Å². The molecule has 0 aromatic heterocycles. The van der Waals surface area contributed by atoms with Gasteiger partial charge in [-0.25, -0.2) is 0 Å². The second-order valence-electron chi connectivity index (χ2n) is 5.15. The van der Waals surface area contributed by atoms with Crippen molar-refractivity contribution in [2.45, 2.75) is 19.3 Å². The minimum Gasteiger partial charge on any atom is -0.489 e. The number of carbonyl (C=O) groups is 1. The molecule has 0 spiro atoms. The highest BCUT2D eigenvalue weighted by Crippen LogP contribution is 2.32. The van der Waals surface area contributed by atoms with E-state index in [2.05, 4.69) is 11.9 Å². The van der Waals surface area contributed by atoms with Crippen molar-refractivity contribution in [1.82, 2.24) is 0 Å². The van der Waals surface area contributed by atoms with E-state index in [0.29, 0.717) is 19.1 Å². The van der Waals surface area contributed by atoms with Gasteiger partial charge in [-0.05, 0) is 37.4 Å². The van der Waals surface area contributed by atoms with Crippen molar-refractivity contribution in [2.75, 3.05) is 18.5 Å². The largest absolute Gasteiger partial charge is 0.489 e. The molecule has 108 valence electrons. The number of hydrogen-bond donors (Lipinski definition) is 2. The number of ether oxygens (including phenoxy) is 1. The topological polar surface area (TPSA) is 64.3 Å². The van der Waals surface area contributed by atoms with Crippen LogP contribution in [0, 0.1) is 11.8 Å². The SMILES string of the molecule is C=CCOc1cccc(NC(=O)[C@@H]2CCC[C@@H]2CN)c1. The molecular formula is C16H22N2O2. The first-order valence-corrected chi connectivity index (χ1v) is 7.09. The predicted molar refractivity (Wildman–Crippen MR) is 80.6 cm³/mol. The van der Waals surface area contributed by atoms with Gasteiger partial charge in [-0.15, -0.1) is 0 Å². The van der Waals surface area contributed by atoms with Gasteiger partial charge >= 0.3 is 0 Å². The molecule has 1 aromatic rings. The predicted octanol–water partition coefficient (Wildman–Crippen LogP) is 2.56. The van der Waals surface area contributed by atoms with E-state index in [1.54, 1.807) is 6.08 Å². The number of nitrogens with one attached hydrogen (secondary N) is 1. The molecule has 3 N–H and O–H groups in total. The van der Waals surface area contributed by atoms with Gasteiger partial charge in [0, 0.05) is 17.7 Å². The number of rotatable bonds is 6. The zero-order valence-corrected chi connectivity index (χ0v) is 11.7.